The highest BCUT2D eigenvalue weighted by atomic mass is 35.5. The van der Waals surface area contributed by atoms with Crippen molar-refractivity contribution in [3.63, 3.8) is 0 Å². The van der Waals surface area contributed by atoms with Gasteiger partial charge >= 0.3 is 6.18 Å². The maximum absolute atomic E-state index is 12.7. The molecule has 0 aliphatic carbocycles. The van der Waals surface area contributed by atoms with Crippen LogP contribution in [-0.2, 0) is 6.18 Å². The smallest absolute Gasteiger partial charge is 0.244 e. The summed E-state index contributed by atoms with van der Waals surface area (Å²) in [6.45, 7) is 0. The zero-order valence-corrected chi connectivity index (χ0v) is 15.1. The number of halogens is 4. The first-order chi connectivity index (χ1) is 12.9. The Labute approximate surface area is 160 Å². The number of aromatic nitrogens is 4. The summed E-state index contributed by atoms with van der Waals surface area (Å²) in [6.07, 6.45) is -0.454. The average molecular weight is 407 g/mol. The van der Waals surface area contributed by atoms with E-state index in [9.17, 15) is 13.2 Å². The van der Waals surface area contributed by atoms with Crippen LogP contribution in [-0.4, -0.2) is 19.7 Å². The van der Waals surface area contributed by atoms with Crippen molar-refractivity contribution in [2.45, 2.75) is 6.18 Å². The maximum atomic E-state index is 12.7. The third kappa shape index (κ3) is 3.58. The van der Waals surface area contributed by atoms with Gasteiger partial charge in [0.25, 0.3) is 0 Å². The molecule has 0 aliphatic rings. The van der Waals surface area contributed by atoms with Crippen LogP contribution in [0.1, 0.15) is 5.56 Å². The predicted molar refractivity (Wildman–Crippen MR) is 97.9 cm³/mol. The number of pyridine rings is 1. The number of hydrogen-bond acceptors (Lipinski definition) is 4. The lowest BCUT2D eigenvalue weighted by Gasteiger charge is -2.08. The van der Waals surface area contributed by atoms with Crippen molar-refractivity contribution in [2.24, 2.45) is 0 Å². The Kier molecular flexibility index (Phi) is 4.45. The van der Waals surface area contributed by atoms with Gasteiger partial charge in [-0.25, -0.2) is 14.6 Å². The Morgan fingerprint density at radius 3 is 2.48 bits per heavy atom. The Bertz CT molecular complexity index is 1090. The van der Waals surface area contributed by atoms with Crippen molar-refractivity contribution in [1.29, 1.82) is 0 Å². The van der Waals surface area contributed by atoms with Crippen LogP contribution in [0.2, 0.25) is 5.02 Å². The Morgan fingerprint density at radius 1 is 1.00 bits per heavy atom. The van der Waals surface area contributed by atoms with Gasteiger partial charge in [-0.3, -0.25) is 0 Å². The Morgan fingerprint density at radius 2 is 1.78 bits per heavy atom. The van der Waals surface area contributed by atoms with E-state index in [0.717, 1.165) is 27.7 Å². The first kappa shape index (κ1) is 17.7. The molecule has 0 fully saturated rings. The molecule has 0 bridgehead atoms. The predicted octanol–water partition coefficient (Wildman–Crippen LogP) is 5.73. The lowest BCUT2D eigenvalue weighted by molar-refractivity contribution is -0.137. The number of nitrogens with zero attached hydrogens (tertiary/aromatic N) is 4. The highest BCUT2D eigenvalue weighted by molar-refractivity contribution is 7.18. The molecule has 3 aromatic heterocycles. The second kappa shape index (κ2) is 6.79. The SMILES string of the molecule is FC(F)(F)c1cnc(-n2ccc(-c3cnc(-c4ccccc4)s3)n2)c(Cl)c1. The fraction of sp³-hybridized carbons (Fsp3) is 0.0556. The second-order valence-electron chi connectivity index (χ2n) is 5.57. The van der Waals surface area contributed by atoms with E-state index in [0.29, 0.717) is 5.69 Å². The number of alkyl halides is 3. The zero-order valence-electron chi connectivity index (χ0n) is 13.5. The van der Waals surface area contributed by atoms with Gasteiger partial charge in [0.2, 0.25) is 0 Å². The molecular weight excluding hydrogens is 397 g/mol. The van der Waals surface area contributed by atoms with Gasteiger partial charge in [-0.15, -0.1) is 11.3 Å². The first-order valence-electron chi connectivity index (χ1n) is 7.72. The minimum Gasteiger partial charge on any atom is -0.244 e. The van der Waals surface area contributed by atoms with Crippen LogP contribution in [0.4, 0.5) is 13.2 Å². The molecule has 136 valence electrons. The largest absolute Gasteiger partial charge is 0.417 e. The van der Waals surface area contributed by atoms with Gasteiger partial charge in [0.15, 0.2) is 5.82 Å². The molecule has 0 N–H and O–H groups in total. The molecule has 9 heteroatoms. The van der Waals surface area contributed by atoms with Crippen molar-refractivity contribution >= 4 is 22.9 Å². The van der Waals surface area contributed by atoms with Gasteiger partial charge in [-0.2, -0.15) is 18.3 Å². The monoisotopic (exact) mass is 406 g/mol. The van der Waals surface area contributed by atoms with Crippen LogP contribution in [0.25, 0.3) is 27.0 Å². The molecule has 0 amide bonds. The zero-order chi connectivity index (χ0) is 19.0. The van der Waals surface area contributed by atoms with Crippen LogP contribution in [0, 0.1) is 0 Å². The summed E-state index contributed by atoms with van der Waals surface area (Å²) >= 11 is 7.44. The summed E-state index contributed by atoms with van der Waals surface area (Å²) in [4.78, 5) is 9.04. The van der Waals surface area contributed by atoms with Gasteiger partial charge in [0.05, 0.1) is 15.5 Å². The van der Waals surface area contributed by atoms with Gasteiger partial charge in [-0.1, -0.05) is 41.9 Å². The van der Waals surface area contributed by atoms with E-state index >= 15 is 0 Å². The van der Waals surface area contributed by atoms with Gasteiger partial charge in [0.1, 0.15) is 10.7 Å². The lowest BCUT2D eigenvalue weighted by Crippen LogP contribution is -2.08. The fourth-order valence-electron chi connectivity index (χ4n) is 2.43. The molecule has 3 heterocycles. The number of thiazole rings is 1. The van der Waals surface area contributed by atoms with Crippen molar-refractivity contribution < 1.29 is 13.2 Å². The first-order valence-corrected chi connectivity index (χ1v) is 8.92. The van der Waals surface area contributed by atoms with E-state index in [2.05, 4.69) is 15.1 Å². The normalized spacial score (nSPS) is 11.7. The topological polar surface area (TPSA) is 43.6 Å². The van der Waals surface area contributed by atoms with Crippen molar-refractivity contribution in [2.75, 3.05) is 0 Å². The van der Waals surface area contributed by atoms with E-state index in [1.165, 1.54) is 16.0 Å². The average Bonchev–Trinajstić information content (AvgIpc) is 3.31. The molecule has 4 rings (SSSR count). The summed E-state index contributed by atoms with van der Waals surface area (Å²) in [6, 6.07) is 12.3. The number of benzene rings is 1. The van der Waals surface area contributed by atoms with E-state index in [-0.39, 0.29) is 10.8 Å². The standard InChI is InChI=1S/C18H10ClF3N4S/c19-13-8-12(18(20,21)22)9-23-16(13)26-7-6-14(25-26)15-10-24-17(27-15)11-4-2-1-3-5-11/h1-10H. The summed E-state index contributed by atoms with van der Waals surface area (Å²) < 4.78 is 39.6. The summed E-state index contributed by atoms with van der Waals surface area (Å²) in [5, 5.41) is 5.09. The molecule has 0 atom stereocenters. The Hall–Kier alpha value is -2.71. The van der Waals surface area contributed by atoms with Crippen molar-refractivity contribution in [1.82, 2.24) is 19.7 Å². The lowest BCUT2D eigenvalue weighted by atomic mass is 10.2. The maximum Gasteiger partial charge on any atom is 0.417 e. The summed E-state index contributed by atoms with van der Waals surface area (Å²) in [5.74, 6) is 0.128. The molecule has 0 aliphatic heterocycles. The van der Waals surface area contributed by atoms with E-state index in [4.69, 9.17) is 11.6 Å². The molecule has 4 aromatic rings. The molecule has 0 radical (unpaired) electrons. The van der Waals surface area contributed by atoms with Gasteiger partial charge in [-0.05, 0) is 12.1 Å². The molecule has 4 nitrogen and oxygen atoms in total. The van der Waals surface area contributed by atoms with Crippen LogP contribution in [0.5, 0.6) is 0 Å². The van der Waals surface area contributed by atoms with Crippen molar-refractivity contribution in [3.8, 4) is 27.0 Å². The van der Waals surface area contributed by atoms with E-state index < -0.39 is 11.7 Å². The second-order valence-corrected chi connectivity index (χ2v) is 7.01. The summed E-state index contributed by atoms with van der Waals surface area (Å²) in [5.41, 5.74) is 0.728. The summed E-state index contributed by atoms with van der Waals surface area (Å²) in [7, 11) is 0. The van der Waals surface area contributed by atoms with Crippen LogP contribution < -0.4 is 0 Å². The quantitative estimate of drug-likeness (QED) is 0.436. The minimum atomic E-state index is -4.50. The number of rotatable bonds is 3. The van der Waals surface area contributed by atoms with E-state index in [1.54, 1.807) is 18.5 Å². The number of hydrogen-bond donors (Lipinski definition) is 0. The van der Waals surface area contributed by atoms with Crippen molar-refractivity contribution in [3.05, 3.63) is 71.6 Å². The molecule has 0 saturated carbocycles. The van der Waals surface area contributed by atoms with Gasteiger partial charge in [0, 0.05) is 24.2 Å². The van der Waals surface area contributed by atoms with Gasteiger partial charge < -0.3 is 0 Å². The molecule has 27 heavy (non-hydrogen) atoms. The fourth-order valence-corrected chi connectivity index (χ4v) is 3.57. The third-order valence-electron chi connectivity index (χ3n) is 3.73. The minimum absolute atomic E-state index is 0.128. The van der Waals surface area contributed by atoms with Crippen LogP contribution >= 0.6 is 22.9 Å². The molecular formula is C18H10ClF3N4S. The molecule has 0 spiro atoms. The molecule has 1 aromatic carbocycles. The van der Waals surface area contributed by atoms with Crippen LogP contribution in [0.15, 0.2) is 61.1 Å². The highest BCUT2D eigenvalue weighted by Crippen LogP contribution is 2.33. The Balaban J connectivity index is 1.64. The van der Waals surface area contributed by atoms with Crippen LogP contribution in [0.3, 0.4) is 0 Å². The molecule has 0 saturated heterocycles. The third-order valence-corrected chi connectivity index (χ3v) is 5.08. The highest BCUT2D eigenvalue weighted by Gasteiger charge is 2.31. The van der Waals surface area contributed by atoms with E-state index in [1.807, 2.05) is 30.3 Å². The molecule has 0 unspecified atom stereocenters.